The van der Waals surface area contributed by atoms with Crippen LogP contribution in [0.4, 0.5) is 10.5 Å². The maximum atomic E-state index is 12.8. The first kappa shape index (κ1) is 23.1. The number of hydrogen-bond donors (Lipinski definition) is 2. The number of nitrogens with zero attached hydrogens (tertiary/aromatic N) is 1. The first-order valence-corrected chi connectivity index (χ1v) is 10.2. The molecule has 2 aromatic rings. The van der Waals surface area contributed by atoms with E-state index in [1.165, 1.54) is 7.11 Å². The Hall–Kier alpha value is -3.62. The zero-order valence-electron chi connectivity index (χ0n) is 19.0. The number of benzene rings is 2. The standard InChI is InChI=1S/C23H29N3O6/c1-14(22(27)25-17-6-7-18(29-2)21(12-17)32-5)24-23(28)26-9-8-15-10-19(30-3)20(31-4)11-16(15)13-26/h6-7,10-12,14H,8-9,13H2,1-5H3,(H,24,28)(H,25,27)/t14-/m0/s1. The van der Waals surface area contributed by atoms with Crippen LogP contribution in [0.25, 0.3) is 0 Å². The van der Waals surface area contributed by atoms with E-state index in [2.05, 4.69) is 10.6 Å². The second-order valence-electron chi connectivity index (χ2n) is 7.38. The number of rotatable bonds is 7. The minimum atomic E-state index is -0.734. The van der Waals surface area contributed by atoms with Crippen LogP contribution in [0.3, 0.4) is 0 Å². The van der Waals surface area contributed by atoms with Crippen molar-refractivity contribution in [2.75, 3.05) is 40.3 Å². The van der Waals surface area contributed by atoms with Crippen molar-refractivity contribution in [3.8, 4) is 23.0 Å². The molecule has 9 nitrogen and oxygen atoms in total. The van der Waals surface area contributed by atoms with Crippen LogP contribution in [0.2, 0.25) is 0 Å². The third-order valence-corrected chi connectivity index (χ3v) is 5.39. The van der Waals surface area contributed by atoms with Crippen molar-refractivity contribution in [2.24, 2.45) is 0 Å². The number of carbonyl (C=O) groups excluding carboxylic acids is 2. The van der Waals surface area contributed by atoms with Gasteiger partial charge in [-0.3, -0.25) is 4.79 Å². The minimum absolute atomic E-state index is 0.305. The van der Waals surface area contributed by atoms with Gasteiger partial charge in [0.1, 0.15) is 6.04 Å². The van der Waals surface area contributed by atoms with Crippen LogP contribution in [0.15, 0.2) is 30.3 Å². The number of nitrogens with one attached hydrogen (secondary N) is 2. The predicted octanol–water partition coefficient (Wildman–Crippen LogP) is 2.82. The van der Waals surface area contributed by atoms with Crippen molar-refractivity contribution in [3.63, 3.8) is 0 Å². The number of amides is 3. The van der Waals surface area contributed by atoms with Gasteiger partial charge < -0.3 is 34.5 Å². The second kappa shape index (κ2) is 10.1. The zero-order valence-corrected chi connectivity index (χ0v) is 19.0. The summed E-state index contributed by atoms with van der Waals surface area (Å²) in [5.41, 5.74) is 2.65. The van der Waals surface area contributed by atoms with Gasteiger partial charge >= 0.3 is 6.03 Å². The van der Waals surface area contributed by atoms with Gasteiger partial charge in [-0.25, -0.2) is 4.79 Å². The average molecular weight is 444 g/mol. The van der Waals surface area contributed by atoms with E-state index in [4.69, 9.17) is 18.9 Å². The molecular formula is C23H29N3O6. The van der Waals surface area contributed by atoms with E-state index >= 15 is 0 Å². The molecule has 0 spiro atoms. The number of anilines is 1. The van der Waals surface area contributed by atoms with E-state index in [-0.39, 0.29) is 11.9 Å². The van der Waals surface area contributed by atoms with Crippen molar-refractivity contribution in [3.05, 3.63) is 41.5 Å². The lowest BCUT2D eigenvalue weighted by Gasteiger charge is -2.30. The SMILES string of the molecule is COc1ccc(NC(=O)[C@H](C)NC(=O)N2CCc3cc(OC)c(OC)cc3C2)cc1OC. The van der Waals surface area contributed by atoms with Gasteiger partial charge in [-0.1, -0.05) is 0 Å². The fourth-order valence-electron chi connectivity index (χ4n) is 3.56. The molecule has 0 aromatic heterocycles. The van der Waals surface area contributed by atoms with Gasteiger partial charge in [-0.15, -0.1) is 0 Å². The second-order valence-corrected chi connectivity index (χ2v) is 7.38. The molecule has 172 valence electrons. The van der Waals surface area contributed by atoms with Gasteiger partial charge in [-0.05, 0) is 48.7 Å². The summed E-state index contributed by atoms with van der Waals surface area (Å²) in [6.07, 6.45) is 0.690. The molecule has 1 aliphatic rings. The lowest BCUT2D eigenvalue weighted by atomic mass is 9.99. The Kier molecular flexibility index (Phi) is 7.29. The molecule has 0 saturated heterocycles. The first-order valence-electron chi connectivity index (χ1n) is 10.2. The summed E-state index contributed by atoms with van der Waals surface area (Å²) in [6.45, 7) is 2.60. The number of ether oxygens (including phenoxy) is 4. The van der Waals surface area contributed by atoms with E-state index in [1.807, 2.05) is 12.1 Å². The van der Waals surface area contributed by atoms with Crippen LogP contribution in [0, 0.1) is 0 Å². The fraction of sp³-hybridized carbons (Fsp3) is 0.391. The van der Waals surface area contributed by atoms with E-state index in [9.17, 15) is 9.59 Å². The molecule has 2 N–H and O–H groups in total. The zero-order chi connectivity index (χ0) is 23.3. The maximum absolute atomic E-state index is 12.8. The summed E-state index contributed by atoms with van der Waals surface area (Å²) in [5.74, 6) is 2.02. The fourth-order valence-corrected chi connectivity index (χ4v) is 3.56. The smallest absolute Gasteiger partial charge is 0.318 e. The Morgan fingerprint density at radius 2 is 1.47 bits per heavy atom. The third kappa shape index (κ3) is 4.99. The van der Waals surface area contributed by atoms with Crippen LogP contribution in [0.1, 0.15) is 18.1 Å². The molecule has 0 bridgehead atoms. The van der Waals surface area contributed by atoms with Gasteiger partial charge in [0, 0.05) is 24.8 Å². The Morgan fingerprint density at radius 3 is 2.09 bits per heavy atom. The molecule has 32 heavy (non-hydrogen) atoms. The average Bonchev–Trinajstić information content (AvgIpc) is 2.82. The van der Waals surface area contributed by atoms with Crippen LogP contribution in [0.5, 0.6) is 23.0 Å². The molecule has 3 amide bonds. The molecule has 3 rings (SSSR count). The molecule has 0 fully saturated rings. The Bertz CT molecular complexity index is 994. The number of urea groups is 1. The summed E-state index contributed by atoms with van der Waals surface area (Å²) >= 11 is 0. The largest absolute Gasteiger partial charge is 0.493 e. The number of methoxy groups -OCH3 is 4. The third-order valence-electron chi connectivity index (χ3n) is 5.39. The van der Waals surface area contributed by atoms with Crippen molar-refractivity contribution in [2.45, 2.75) is 25.9 Å². The first-order chi connectivity index (χ1) is 15.4. The lowest BCUT2D eigenvalue weighted by Crippen LogP contribution is -2.49. The van der Waals surface area contributed by atoms with Crippen molar-refractivity contribution >= 4 is 17.6 Å². The Balaban J connectivity index is 1.61. The number of fused-ring (bicyclic) bond motifs is 1. The summed E-state index contributed by atoms with van der Waals surface area (Å²) < 4.78 is 21.2. The highest BCUT2D eigenvalue weighted by atomic mass is 16.5. The summed E-state index contributed by atoms with van der Waals surface area (Å²) in [4.78, 5) is 27.0. The van der Waals surface area contributed by atoms with Gasteiger partial charge in [0.05, 0.1) is 28.4 Å². The molecule has 2 aromatic carbocycles. The van der Waals surface area contributed by atoms with Crippen molar-refractivity contribution in [1.82, 2.24) is 10.2 Å². The lowest BCUT2D eigenvalue weighted by molar-refractivity contribution is -0.117. The number of hydrogen-bond acceptors (Lipinski definition) is 6. The van der Waals surface area contributed by atoms with Crippen LogP contribution < -0.4 is 29.6 Å². The van der Waals surface area contributed by atoms with Gasteiger partial charge in [-0.2, -0.15) is 0 Å². The van der Waals surface area contributed by atoms with Gasteiger partial charge in [0.2, 0.25) is 5.91 Å². The Morgan fingerprint density at radius 1 is 0.875 bits per heavy atom. The molecule has 0 aliphatic carbocycles. The van der Waals surface area contributed by atoms with E-state index < -0.39 is 6.04 Å². The monoisotopic (exact) mass is 443 g/mol. The van der Waals surface area contributed by atoms with Gasteiger partial charge in [0.25, 0.3) is 0 Å². The molecular weight excluding hydrogens is 414 g/mol. The molecule has 1 aliphatic heterocycles. The quantitative estimate of drug-likeness (QED) is 0.683. The van der Waals surface area contributed by atoms with Crippen LogP contribution in [-0.4, -0.2) is 57.9 Å². The molecule has 0 radical (unpaired) electrons. The topological polar surface area (TPSA) is 98.4 Å². The highest BCUT2D eigenvalue weighted by Crippen LogP contribution is 2.33. The maximum Gasteiger partial charge on any atom is 0.318 e. The number of carbonyl (C=O) groups is 2. The van der Waals surface area contributed by atoms with Gasteiger partial charge in [0.15, 0.2) is 23.0 Å². The van der Waals surface area contributed by atoms with Crippen LogP contribution >= 0.6 is 0 Å². The molecule has 9 heteroatoms. The normalized spacial score (nSPS) is 13.5. The summed E-state index contributed by atoms with van der Waals surface area (Å²) in [6, 6.07) is 7.86. The molecule has 1 heterocycles. The van der Waals surface area contributed by atoms with Crippen molar-refractivity contribution < 1.29 is 28.5 Å². The van der Waals surface area contributed by atoms with E-state index in [1.54, 1.807) is 51.4 Å². The highest BCUT2D eigenvalue weighted by Gasteiger charge is 2.25. The van der Waals surface area contributed by atoms with E-state index in [0.717, 1.165) is 11.1 Å². The summed E-state index contributed by atoms with van der Waals surface area (Å²) in [5, 5.41) is 5.55. The molecule has 0 saturated carbocycles. The van der Waals surface area contributed by atoms with Crippen molar-refractivity contribution in [1.29, 1.82) is 0 Å². The Labute approximate surface area is 187 Å². The predicted molar refractivity (Wildman–Crippen MR) is 120 cm³/mol. The highest BCUT2D eigenvalue weighted by molar-refractivity contribution is 5.97. The van der Waals surface area contributed by atoms with Crippen LogP contribution in [-0.2, 0) is 17.8 Å². The minimum Gasteiger partial charge on any atom is -0.493 e. The van der Waals surface area contributed by atoms with E-state index in [0.29, 0.717) is 48.2 Å². The summed E-state index contributed by atoms with van der Waals surface area (Å²) in [7, 11) is 6.24. The molecule has 1 atom stereocenters. The molecule has 0 unspecified atom stereocenters.